The molecule has 0 aromatic heterocycles. The van der Waals surface area contributed by atoms with Gasteiger partial charge in [-0.3, -0.25) is 9.69 Å². The average Bonchev–Trinajstić information content (AvgIpc) is 3.29. The Hall–Kier alpha value is -2.51. The third-order valence-corrected chi connectivity index (χ3v) is 7.07. The van der Waals surface area contributed by atoms with Crippen LogP contribution in [-0.2, 0) is 28.9 Å². The number of hydrogen-bond donors (Lipinski definition) is 1. The van der Waals surface area contributed by atoms with E-state index in [4.69, 9.17) is 9.47 Å². The van der Waals surface area contributed by atoms with Crippen molar-refractivity contribution < 1.29 is 23.0 Å². The lowest BCUT2D eigenvalue weighted by molar-refractivity contribution is -0.122. The van der Waals surface area contributed by atoms with Gasteiger partial charge in [0, 0.05) is 43.1 Å². The zero-order valence-electron chi connectivity index (χ0n) is 18.3. The van der Waals surface area contributed by atoms with E-state index in [1.54, 1.807) is 7.11 Å². The number of nitrogens with zero attached hydrogens (tertiary/aromatic N) is 1. The highest BCUT2D eigenvalue weighted by atomic mass is 19.1. The molecule has 2 saturated heterocycles. The Morgan fingerprint density at radius 1 is 1.19 bits per heavy atom. The Balaban J connectivity index is 1.50. The summed E-state index contributed by atoms with van der Waals surface area (Å²) in [5, 5.41) is 3.07. The van der Waals surface area contributed by atoms with Crippen LogP contribution in [0.15, 0.2) is 30.3 Å². The molecule has 2 fully saturated rings. The standard InChI is InChI=1S/C25H28F2N2O3/c1-31-22-11-17-5-2-4-16(17)10-18(22)12-29-13-19(24-20(26)6-3-7-21(24)27)25(14-29)15-32-9-8-23(30)28-25/h3,6-7,10-11,19H,2,4-5,8-9,12-15H2,1H3,(H,28,30)/t19-,25-/m0/s1. The minimum atomic E-state index is -0.888. The van der Waals surface area contributed by atoms with E-state index in [-0.39, 0.29) is 24.5 Å². The SMILES string of the molecule is COc1cc2c(cc1CN1C[C@@H](c3c(F)cccc3F)[C@@]3(COCCC(=O)N3)C1)CCC2. The van der Waals surface area contributed by atoms with Crippen LogP contribution < -0.4 is 10.1 Å². The number of fused-ring (bicyclic) bond motifs is 1. The summed E-state index contributed by atoms with van der Waals surface area (Å²) in [6.45, 7) is 1.94. The van der Waals surface area contributed by atoms with Gasteiger partial charge in [-0.2, -0.15) is 0 Å². The number of likely N-dealkylation sites (tertiary alicyclic amines) is 1. The second-order valence-electron chi connectivity index (χ2n) is 9.15. The van der Waals surface area contributed by atoms with E-state index < -0.39 is 23.1 Å². The number of aryl methyl sites for hydroxylation is 2. The van der Waals surface area contributed by atoms with Crippen LogP contribution in [0.25, 0.3) is 0 Å². The van der Waals surface area contributed by atoms with Gasteiger partial charge in [0.15, 0.2) is 0 Å². The molecule has 2 heterocycles. The maximum atomic E-state index is 14.8. The van der Waals surface area contributed by atoms with Crippen molar-refractivity contribution in [1.82, 2.24) is 10.2 Å². The molecule has 0 radical (unpaired) electrons. The van der Waals surface area contributed by atoms with Crippen LogP contribution in [0.3, 0.4) is 0 Å². The molecule has 1 aliphatic carbocycles. The number of methoxy groups -OCH3 is 1. The summed E-state index contributed by atoms with van der Waals surface area (Å²) in [6.07, 6.45) is 3.51. The van der Waals surface area contributed by atoms with E-state index >= 15 is 0 Å². The van der Waals surface area contributed by atoms with Gasteiger partial charge in [-0.1, -0.05) is 12.1 Å². The van der Waals surface area contributed by atoms with E-state index in [1.165, 1.54) is 29.3 Å². The molecule has 1 amide bonds. The van der Waals surface area contributed by atoms with Crippen LogP contribution in [0.5, 0.6) is 5.75 Å². The Morgan fingerprint density at radius 2 is 1.94 bits per heavy atom. The van der Waals surface area contributed by atoms with E-state index in [1.807, 2.05) is 0 Å². The molecule has 0 unspecified atom stereocenters. The quantitative estimate of drug-likeness (QED) is 0.789. The first kappa shape index (κ1) is 21.3. The molecule has 2 aromatic rings. The second-order valence-corrected chi connectivity index (χ2v) is 9.15. The van der Waals surface area contributed by atoms with E-state index in [0.29, 0.717) is 26.2 Å². The molecule has 2 atom stereocenters. The summed E-state index contributed by atoms with van der Waals surface area (Å²) in [6, 6.07) is 8.24. The lowest BCUT2D eigenvalue weighted by Crippen LogP contribution is -2.55. The van der Waals surface area contributed by atoms with Gasteiger partial charge in [0.1, 0.15) is 17.4 Å². The Labute approximate surface area is 186 Å². The fraction of sp³-hybridized carbons (Fsp3) is 0.480. The van der Waals surface area contributed by atoms with Crippen LogP contribution in [0.4, 0.5) is 8.78 Å². The molecule has 170 valence electrons. The van der Waals surface area contributed by atoms with Crippen molar-refractivity contribution in [2.75, 3.05) is 33.4 Å². The molecule has 5 rings (SSSR count). The highest BCUT2D eigenvalue weighted by molar-refractivity contribution is 5.77. The number of rotatable bonds is 4. The molecule has 2 aliphatic heterocycles. The number of benzene rings is 2. The van der Waals surface area contributed by atoms with Gasteiger partial charge in [0.2, 0.25) is 5.91 Å². The molecule has 7 heteroatoms. The predicted molar refractivity (Wildman–Crippen MR) is 116 cm³/mol. The fourth-order valence-electron chi connectivity index (χ4n) is 5.61. The third kappa shape index (κ3) is 3.77. The summed E-state index contributed by atoms with van der Waals surface area (Å²) in [4.78, 5) is 14.6. The highest BCUT2D eigenvalue weighted by Crippen LogP contribution is 2.41. The number of halogens is 2. The van der Waals surface area contributed by atoms with Gasteiger partial charge < -0.3 is 14.8 Å². The lowest BCUT2D eigenvalue weighted by Gasteiger charge is -2.34. The molecule has 3 aliphatic rings. The van der Waals surface area contributed by atoms with Crippen molar-refractivity contribution >= 4 is 5.91 Å². The number of carbonyl (C=O) groups is 1. The topological polar surface area (TPSA) is 50.8 Å². The molecule has 1 spiro atoms. The number of nitrogens with one attached hydrogen (secondary N) is 1. The summed E-state index contributed by atoms with van der Waals surface area (Å²) in [7, 11) is 1.67. The normalized spacial score (nSPS) is 25.6. The first-order valence-corrected chi connectivity index (χ1v) is 11.2. The van der Waals surface area contributed by atoms with Crippen LogP contribution in [0.1, 0.15) is 41.0 Å². The van der Waals surface area contributed by atoms with Gasteiger partial charge in [-0.25, -0.2) is 8.78 Å². The number of amides is 1. The van der Waals surface area contributed by atoms with Crippen LogP contribution in [-0.4, -0.2) is 49.8 Å². The van der Waals surface area contributed by atoms with Gasteiger partial charge in [0.25, 0.3) is 0 Å². The predicted octanol–water partition coefficient (Wildman–Crippen LogP) is 3.34. The van der Waals surface area contributed by atoms with Crippen LogP contribution >= 0.6 is 0 Å². The Kier molecular flexibility index (Phi) is 5.63. The molecule has 2 aromatic carbocycles. The Bertz CT molecular complexity index is 1020. The monoisotopic (exact) mass is 442 g/mol. The molecular weight excluding hydrogens is 414 g/mol. The summed E-state index contributed by atoms with van der Waals surface area (Å²) in [5.74, 6) is -1.07. The molecule has 0 saturated carbocycles. The second kappa shape index (κ2) is 8.45. The number of hydrogen-bond acceptors (Lipinski definition) is 4. The highest BCUT2D eigenvalue weighted by Gasteiger charge is 2.51. The first-order valence-electron chi connectivity index (χ1n) is 11.2. The fourth-order valence-corrected chi connectivity index (χ4v) is 5.61. The first-order chi connectivity index (χ1) is 15.5. The van der Waals surface area contributed by atoms with Gasteiger partial charge in [-0.05, 0) is 48.6 Å². The molecule has 0 bridgehead atoms. The van der Waals surface area contributed by atoms with Crippen LogP contribution in [0.2, 0.25) is 0 Å². The van der Waals surface area contributed by atoms with Gasteiger partial charge in [0.05, 0.1) is 25.9 Å². The van der Waals surface area contributed by atoms with E-state index in [0.717, 1.165) is 30.6 Å². The van der Waals surface area contributed by atoms with Gasteiger partial charge >= 0.3 is 0 Å². The average molecular weight is 443 g/mol. The van der Waals surface area contributed by atoms with Gasteiger partial charge in [-0.15, -0.1) is 0 Å². The smallest absolute Gasteiger partial charge is 0.222 e. The van der Waals surface area contributed by atoms with Crippen molar-refractivity contribution in [1.29, 1.82) is 0 Å². The molecule has 32 heavy (non-hydrogen) atoms. The van der Waals surface area contributed by atoms with Crippen molar-refractivity contribution in [3.8, 4) is 5.75 Å². The summed E-state index contributed by atoms with van der Waals surface area (Å²) < 4.78 is 41.1. The molecule has 5 nitrogen and oxygen atoms in total. The lowest BCUT2D eigenvalue weighted by atomic mass is 9.81. The van der Waals surface area contributed by atoms with Crippen molar-refractivity contribution in [3.63, 3.8) is 0 Å². The van der Waals surface area contributed by atoms with Crippen molar-refractivity contribution in [2.24, 2.45) is 0 Å². The minimum absolute atomic E-state index is 0.0155. The minimum Gasteiger partial charge on any atom is -0.496 e. The van der Waals surface area contributed by atoms with E-state index in [9.17, 15) is 13.6 Å². The maximum Gasteiger partial charge on any atom is 0.222 e. The van der Waals surface area contributed by atoms with Crippen molar-refractivity contribution in [3.05, 3.63) is 64.2 Å². The Morgan fingerprint density at radius 3 is 2.69 bits per heavy atom. The van der Waals surface area contributed by atoms with Crippen LogP contribution in [0, 0.1) is 11.6 Å². The maximum absolute atomic E-state index is 14.8. The zero-order valence-corrected chi connectivity index (χ0v) is 18.3. The largest absolute Gasteiger partial charge is 0.496 e. The zero-order chi connectivity index (χ0) is 22.3. The summed E-state index contributed by atoms with van der Waals surface area (Å²) >= 11 is 0. The van der Waals surface area contributed by atoms with E-state index in [2.05, 4.69) is 22.3 Å². The number of ether oxygens (including phenoxy) is 2. The summed E-state index contributed by atoms with van der Waals surface area (Å²) in [5.41, 5.74) is 2.86. The number of carbonyl (C=O) groups excluding carboxylic acids is 1. The molecule has 1 N–H and O–H groups in total. The van der Waals surface area contributed by atoms with Crippen molar-refractivity contribution in [2.45, 2.75) is 43.7 Å². The third-order valence-electron chi connectivity index (χ3n) is 7.07. The molecular formula is C25H28F2N2O3.